The Morgan fingerprint density at radius 1 is 1.31 bits per heavy atom. The third-order valence-corrected chi connectivity index (χ3v) is 6.78. The first-order valence-electron chi connectivity index (χ1n) is 11.1. The van der Waals surface area contributed by atoms with Crippen LogP contribution in [0.25, 0.3) is 0 Å². The highest BCUT2D eigenvalue weighted by Crippen LogP contribution is 2.39. The molecule has 0 spiro atoms. The molecule has 1 aromatic heterocycles. The predicted octanol–water partition coefficient (Wildman–Crippen LogP) is 2.37. The Balaban J connectivity index is 1.53. The van der Waals surface area contributed by atoms with Crippen LogP contribution in [0.3, 0.4) is 0 Å². The van der Waals surface area contributed by atoms with Crippen molar-refractivity contribution in [3.63, 3.8) is 0 Å². The van der Waals surface area contributed by atoms with E-state index in [9.17, 15) is 9.18 Å². The van der Waals surface area contributed by atoms with E-state index in [1.165, 1.54) is 0 Å². The Labute approximate surface area is 188 Å². The van der Waals surface area contributed by atoms with Gasteiger partial charge in [0, 0.05) is 30.7 Å². The summed E-state index contributed by atoms with van der Waals surface area (Å²) in [6.07, 6.45) is 1.08. The molecule has 2 atom stereocenters. The molecule has 0 radical (unpaired) electrons. The highest BCUT2D eigenvalue weighted by Gasteiger charge is 2.47. The van der Waals surface area contributed by atoms with Gasteiger partial charge < -0.3 is 19.9 Å². The fraction of sp³-hybridized carbons (Fsp3) is 0.636. The number of halogens is 1. The molecule has 174 valence electrons. The van der Waals surface area contributed by atoms with Crippen molar-refractivity contribution in [2.75, 3.05) is 45.2 Å². The second-order valence-electron chi connectivity index (χ2n) is 9.25. The molecule has 0 saturated carbocycles. The minimum atomic E-state index is -0.587. The van der Waals surface area contributed by atoms with Crippen molar-refractivity contribution in [1.29, 1.82) is 0 Å². The molecule has 3 aliphatic heterocycles. The lowest BCUT2D eigenvalue weighted by Gasteiger charge is -2.46. The summed E-state index contributed by atoms with van der Waals surface area (Å²) in [5.74, 6) is -0.0288. The first kappa shape index (κ1) is 22.4. The molecular formula is C22H32FN7O2. The molecule has 2 amide bonds. The number of piperazine rings is 1. The van der Waals surface area contributed by atoms with Gasteiger partial charge in [-0.25, -0.2) is 14.2 Å². The van der Waals surface area contributed by atoms with Gasteiger partial charge in [0.25, 0.3) is 0 Å². The van der Waals surface area contributed by atoms with Crippen molar-refractivity contribution in [3.8, 4) is 6.01 Å². The van der Waals surface area contributed by atoms with Crippen molar-refractivity contribution in [3.05, 3.63) is 23.2 Å². The number of amidine groups is 1. The van der Waals surface area contributed by atoms with Gasteiger partial charge >= 0.3 is 12.0 Å². The molecule has 1 aromatic rings. The van der Waals surface area contributed by atoms with Crippen molar-refractivity contribution in [1.82, 2.24) is 24.7 Å². The molecule has 1 saturated heterocycles. The summed E-state index contributed by atoms with van der Waals surface area (Å²) in [7, 11) is 2.09. The summed E-state index contributed by atoms with van der Waals surface area (Å²) in [4.78, 5) is 32.3. The number of urea groups is 1. The van der Waals surface area contributed by atoms with Gasteiger partial charge in [0.15, 0.2) is 11.6 Å². The van der Waals surface area contributed by atoms with Crippen LogP contribution in [-0.4, -0.2) is 94.0 Å². The van der Waals surface area contributed by atoms with Crippen LogP contribution < -0.4 is 10.1 Å². The molecule has 0 aliphatic carbocycles. The van der Waals surface area contributed by atoms with E-state index in [1.807, 2.05) is 30.6 Å². The zero-order chi connectivity index (χ0) is 23.2. The molecule has 32 heavy (non-hydrogen) atoms. The number of ether oxygens (including phenoxy) is 1. The van der Waals surface area contributed by atoms with E-state index in [0.717, 1.165) is 23.9 Å². The fourth-order valence-electron chi connectivity index (χ4n) is 4.64. The second kappa shape index (κ2) is 8.31. The number of likely N-dealkylation sites (N-methyl/N-ethyl adjacent to an activating group) is 1. The Morgan fingerprint density at radius 2 is 2.06 bits per heavy atom. The molecule has 0 aromatic carbocycles. The van der Waals surface area contributed by atoms with Crippen LogP contribution in [0.1, 0.15) is 34.6 Å². The van der Waals surface area contributed by atoms with Crippen LogP contribution in [0, 0.1) is 5.82 Å². The maximum atomic E-state index is 14.3. The molecule has 1 N–H and O–H groups in total. The van der Waals surface area contributed by atoms with Crippen LogP contribution in [0.4, 0.5) is 15.0 Å². The number of nitrogens with one attached hydrogen (secondary N) is 1. The lowest BCUT2D eigenvalue weighted by atomic mass is 9.94. The van der Waals surface area contributed by atoms with E-state index in [2.05, 4.69) is 46.1 Å². The number of hydrogen-bond acceptors (Lipinski definition) is 7. The van der Waals surface area contributed by atoms with E-state index in [0.29, 0.717) is 38.1 Å². The zero-order valence-corrected chi connectivity index (χ0v) is 19.6. The van der Waals surface area contributed by atoms with Crippen molar-refractivity contribution in [2.45, 2.75) is 52.2 Å². The Hall–Kier alpha value is -2.75. The summed E-state index contributed by atoms with van der Waals surface area (Å²) in [5, 5.41) is 3.01. The van der Waals surface area contributed by atoms with Crippen LogP contribution in [-0.2, 0) is 0 Å². The summed E-state index contributed by atoms with van der Waals surface area (Å²) in [6.45, 7) is 13.0. The largest absolute Gasteiger partial charge is 0.464 e. The summed E-state index contributed by atoms with van der Waals surface area (Å²) < 4.78 is 19.6. The van der Waals surface area contributed by atoms with E-state index in [1.54, 1.807) is 0 Å². The van der Waals surface area contributed by atoms with E-state index in [-0.39, 0.29) is 23.9 Å². The SMILES string of the molecule is CCOc1ncc(F)c(NC2=NCC3=C2CN(C(=O)N2C[C@@H](C)N(C)C[C@@H]2C)C3(C)C)n1. The lowest BCUT2D eigenvalue weighted by Crippen LogP contribution is -2.61. The minimum absolute atomic E-state index is 0.0139. The van der Waals surface area contributed by atoms with Crippen LogP contribution in [0.2, 0.25) is 0 Å². The van der Waals surface area contributed by atoms with Gasteiger partial charge in [0.05, 0.1) is 31.4 Å². The summed E-state index contributed by atoms with van der Waals surface area (Å²) >= 11 is 0. The number of carbonyl (C=O) groups excluding carboxylic acids is 1. The van der Waals surface area contributed by atoms with Gasteiger partial charge in [-0.1, -0.05) is 0 Å². The number of aliphatic imine (C=N–C) groups is 1. The maximum absolute atomic E-state index is 14.3. The van der Waals surface area contributed by atoms with Gasteiger partial charge in [-0.15, -0.1) is 0 Å². The van der Waals surface area contributed by atoms with Gasteiger partial charge in [-0.3, -0.25) is 9.89 Å². The average Bonchev–Trinajstić information content (AvgIpc) is 3.25. The van der Waals surface area contributed by atoms with E-state index >= 15 is 0 Å². The molecular weight excluding hydrogens is 413 g/mol. The molecule has 0 unspecified atom stereocenters. The number of nitrogens with zero attached hydrogens (tertiary/aromatic N) is 6. The quantitative estimate of drug-likeness (QED) is 0.769. The molecule has 3 aliphatic rings. The normalized spacial score (nSPS) is 25.2. The first-order valence-corrected chi connectivity index (χ1v) is 11.1. The highest BCUT2D eigenvalue weighted by molar-refractivity contribution is 6.11. The average molecular weight is 446 g/mol. The van der Waals surface area contributed by atoms with Crippen LogP contribution in [0.15, 0.2) is 22.3 Å². The number of aromatic nitrogens is 2. The van der Waals surface area contributed by atoms with E-state index < -0.39 is 11.4 Å². The molecule has 9 nitrogen and oxygen atoms in total. The van der Waals surface area contributed by atoms with Gasteiger partial charge in [0.1, 0.15) is 5.84 Å². The molecule has 10 heteroatoms. The van der Waals surface area contributed by atoms with Crippen molar-refractivity contribution in [2.24, 2.45) is 4.99 Å². The monoisotopic (exact) mass is 445 g/mol. The second-order valence-corrected chi connectivity index (χ2v) is 9.25. The van der Waals surface area contributed by atoms with Gasteiger partial charge in [-0.05, 0) is 47.2 Å². The zero-order valence-electron chi connectivity index (χ0n) is 19.6. The van der Waals surface area contributed by atoms with Crippen LogP contribution in [0.5, 0.6) is 6.01 Å². The fourth-order valence-corrected chi connectivity index (χ4v) is 4.64. The smallest absolute Gasteiger partial charge is 0.321 e. The highest BCUT2D eigenvalue weighted by atomic mass is 19.1. The number of amides is 2. The predicted molar refractivity (Wildman–Crippen MR) is 121 cm³/mol. The number of hydrogen-bond donors (Lipinski definition) is 1. The van der Waals surface area contributed by atoms with Crippen molar-refractivity contribution >= 4 is 17.7 Å². The first-order chi connectivity index (χ1) is 15.1. The topological polar surface area (TPSA) is 86.2 Å². The Bertz CT molecular complexity index is 977. The standard InChI is InChI=1S/C22H32FN7O2/c1-7-32-20-25-9-17(23)19(27-20)26-18-15-12-30(22(4,5)16(15)8-24-18)21(31)29-11-13(2)28(6)10-14(29)3/h9,13-14H,7-8,10-12H2,1-6H3,(H,24,25,26,27)/t13-,14+/m1/s1. The van der Waals surface area contributed by atoms with Gasteiger partial charge in [-0.2, -0.15) is 4.98 Å². The molecule has 1 fully saturated rings. The Kier molecular flexibility index (Phi) is 5.83. The minimum Gasteiger partial charge on any atom is -0.464 e. The summed E-state index contributed by atoms with van der Waals surface area (Å²) in [5.41, 5.74) is 1.52. The third kappa shape index (κ3) is 3.80. The summed E-state index contributed by atoms with van der Waals surface area (Å²) in [6, 6.07) is 0.571. The van der Waals surface area contributed by atoms with Gasteiger partial charge in [0.2, 0.25) is 0 Å². The molecule has 0 bridgehead atoms. The maximum Gasteiger partial charge on any atom is 0.321 e. The number of rotatable bonds is 3. The number of carbonyl (C=O) groups is 1. The van der Waals surface area contributed by atoms with Crippen molar-refractivity contribution < 1.29 is 13.9 Å². The molecule has 4 rings (SSSR count). The van der Waals surface area contributed by atoms with Crippen LogP contribution >= 0.6 is 0 Å². The van der Waals surface area contributed by atoms with E-state index in [4.69, 9.17) is 4.74 Å². The third-order valence-electron chi connectivity index (χ3n) is 6.78. The molecule has 4 heterocycles. The Morgan fingerprint density at radius 3 is 2.78 bits per heavy atom. The lowest BCUT2D eigenvalue weighted by molar-refractivity contribution is 0.0553. The number of anilines is 1.